The predicted molar refractivity (Wildman–Crippen MR) is 79.9 cm³/mol. The van der Waals surface area contributed by atoms with Crippen molar-refractivity contribution in [2.24, 2.45) is 0 Å². The number of para-hydroxylation sites is 1. The molecular formula is C12H16Br2OS. The van der Waals surface area contributed by atoms with Crippen molar-refractivity contribution in [3.05, 3.63) is 28.2 Å². The lowest BCUT2D eigenvalue weighted by molar-refractivity contribution is 0.314. The molecule has 0 atom stereocenters. The van der Waals surface area contributed by atoms with Crippen LogP contribution < -0.4 is 4.74 Å². The Balaban J connectivity index is 2.46. The van der Waals surface area contributed by atoms with Crippen molar-refractivity contribution >= 4 is 43.6 Å². The molecular weight excluding hydrogens is 352 g/mol. The van der Waals surface area contributed by atoms with E-state index in [0.29, 0.717) is 0 Å². The number of rotatable bonds is 7. The van der Waals surface area contributed by atoms with Crippen LogP contribution in [0.1, 0.15) is 18.9 Å². The molecule has 0 unspecified atom stereocenters. The fraction of sp³-hybridized carbons (Fsp3) is 0.500. The molecule has 0 aliphatic rings. The minimum absolute atomic E-state index is 0.787. The predicted octanol–water partition coefficient (Wildman–Crippen LogP) is 4.87. The summed E-state index contributed by atoms with van der Waals surface area (Å²) in [6, 6.07) is 6.12. The van der Waals surface area contributed by atoms with Crippen LogP contribution in [0.4, 0.5) is 0 Å². The molecule has 0 saturated heterocycles. The molecule has 0 radical (unpaired) electrons. The second-order valence-corrected chi connectivity index (χ2v) is 6.07. The molecule has 0 aromatic heterocycles. The fourth-order valence-corrected chi connectivity index (χ4v) is 2.87. The van der Waals surface area contributed by atoms with E-state index in [-0.39, 0.29) is 0 Å². The molecule has 16 heavy (non-hydrogen) atoms. The number of thioether (sulfide) groups is 1. The van der Waals surface area contributed by atoms with Gasteiger partial charge < -0.3 is 4.74 Å². The Morgan fingerprint density at radius 1 is 1.38 bits per heavy atom. The molecule has 0 aliphatic heterocycles. The van der Waals surface area contributed by atoms with E-state index >= 15 is 0 Å². The van der Waals surface area contributed by atoms with Gasteiger partial charge in [0.1, 0.15) is 5.75 Å². The minimum atomic E-state index is 0.787. The van der Waals surface area contributed by atoms with Gasteiger partial charge in [-0.1, -0.05) is 35.0 Å². The monoisotopic (exact) mass is 366 g/mol. The van der Waals surface area contributed by atoms with Gasteiger partial charge in [0.2, 0.25) is 0 Å². The maximum absolute atomic E-state index is 5.82. The summed E-state index contributed by atoms with van der Waals surface area (Å²) in [5, 5.41) is 0.825. The SMILES string of the molecule is CCSCCCOc1c(Br)cccc1CBr. The summed E-state index contributed by atoms with van der Waals surface area (Å²) in [5.74, 6) is 3.33. The van der Waals surface area contributed by atoms with Crippen LogP contribution in [0.5, 0.6) is 5.75 Å². The molecule has 0 aliphatic carbocycles. The summed E-state index contributed by atoms with van der Waals surface area (Å²) >= 11 is 8.95. The van der Waals surface area contributed by atoms with Crippen molar-refractivity contribution in [1.29, 1.82) is 0 Å². The van der Waals surface area contributed by atoms with E-state index in [4.69, 9.17) is 4.74 Å². The third kappa shape index (κ3) is 4.68. The maximum Gasteiger partial charge on any atom is 0.137 e. The lowest BCUT2D eigenvalue weighted by atomic mass is 10.2. The van der Waals surface area contributed by atoms with Gasteiger partial charge in [0.05, 0.1) is 11.1 Å². The van der Waals surface area contributed by atoms with Gasteiger partial charge in [-0.25, -0.2) is 0 Å². The van der Waals surface area contributed by atoms with Crippen LogP contribution in [0.25, 0.3) is 0 Å². The summed E-state index contributed by atoms with van der Waals surface area (Å²) in [7, 11) is 0. The largest absolute Gasteiger partial charge is 0.492 e. The topological polar surface area (TPSA) is 9.23 Å². The van der Waals surface area contributed by atoms with Crippen molar-refractivity contribution in [3.8, 4) is 5.75 Å². The standard InChI is InChI=1S/C12H16Br2OS/c1-2-16-8-4-7-15-12-10(9-13)5-3-6-11(12)14/h3,5-6H,2,4,7-9H2,1H3. The van der Waals surface area contributed by atoms with Gasteiger partial charge in [-0.15, -0.1) is 0 Å². The van der Waals surface area contributed by atoms with Crippen LogP contribution in [0.2, 0.25) is 0 Å². The van der Waals surface area contributed by atoms with Crippen molar-refractivity contribution in [1.82, 2.24) is 0 Å². The molecule has 0 N–H and O–H groups in total. The molecule has 4 heteroatoms. The Morgan fingerprint density at radius 3 is 2.88 bits per heavy atom. The van der Waals surface area contributed by atoms with Gasteiger partial charge in [-0.3, -0.25) is 0 Å². The smallest absolute Gasteiger partial charge is 0.137 e. The highest BCUT2D eigenvalue weighted by Crippen LogP contribution is 2.30. The highest BCUT2D eigenvalue weighted by Gasteiger charge is 2.06. The first-order valence-electron chi connectivity index (χ1n) is 5.33. The Labute approximate surface area is 119 Å². The Morgan fingerprint density at radius 2 is 2.19 bits per heavy atom. The van der Waals surface area contributed by atoms with Gasteiger partial charge in [0.15, 0.2) is 0 Å². The van der Waals surface area contributed by atoms with E-state index < -0.39 is 0 Å². The quantitative estimate of drug-likeness (QED) is 0.502. The molecule has 90 valence electrons. The first-order valence-corrected chi connectivity index (χ1v) is 8.40. The molecule has 0 heterocycles. The molecule has 0 saturated carbocycles. The number of hydrogen-bond acceptors (Lipinski definition) is 2. The average Bonchev–Trinajstić information content (AvgIpc) is 2.30. The Kier molecular flexibility index (Phi) is 7.58. The number of ether oxygens (including phenoxy) is 1. The second-order valence-electron chi connectivity index (χ2n) is 3.26. The summed E-state index contributed by atoms with van der Waals surface area (Å²) in [6.07, 6.45) is 1.10. The molecule has 0 bridgehead atoms. The van der Waals surface area contributed by atoms with Gasteiger partial charge in [-0.05, 0) is 39.9 Å². The van der Waals surface area contributed by atoms with Crippen molar-refractivity contribution in [2.45, 2.75) is 18.7 Å². The second kappa shape index (κ2) is 8.43. The van der Waals surface area contributed by atoms with E-state index in [0.717, 1.165) is 28.6 Å². The first-order chi connectivity index (χ1) is 7.79. The maximum atomic E-state index is 5.82. The Hall–Kier alpha value is 0.330. The zero-order valence-corrected chi connectivity index (χ0v) is 13.3. The van der Waals surface area contributed by atoms with Crippen LogP contribution in [0.15, 0.2) is 22.7 Å². The normalized spacial score (nSPS) is 10.4. The molecule has 0 spiro atoms. The van der Waals surface area contributed by atoms with Crippen LogP contribution in [-0.4, -0.2) is 18.1 Å². The number of halogens is 2. The van der Waals surface area contributed by atoms with E-state index in [9.17, 15) is 0 Å². The Bertz CT molecular complexity index is 318. The first kappa shape index (κ1) is 14.4. The molecule has 1 aromatic carbocycles. The molecule has 1 aromatic rings. The van der Waals surface area contributed by atoms with Crippen LogP contribution in [0, 0.1) is 0 Å². The lowest BCUT2D eigenvalue weighted by Gasteiger charge is -2.11. The number of hydrogen-bond donors (Lipinski definition) is 0. The summed E-state index contributed by atoms with van der Waals surface area (Å²) in [5.41, 5.74) is 1.19. The van der Waals surface area contributed by atoms with Crippen LogP contribution in [0.3, 0.4) is 0 Å². The van der Waals surface area contributed by atoms with E-state index in [1.807, 2.05) is 23.9 Å². The highest BCUT2D eigenvalue weighted by atomic mass is 79.9. The highest BCUT2D eigenvalue weighted by molar-refractivity contribution is 9.10. The zero-order valence-electron chi connectivity index (χ0n) is 9.34. The number of benzene rings is 1. The zero-order chi connectivity index (χ0) is 11.8. The van der Waals surface area contributed by atoms with Crippen molar-refractivity contribution in [3.63, 3.8) is 0 Å². The third-order valence-corrected chi connectivity index (χ3v) is 4.29. The van der Waals surface area contributed by atoms with Crippen LogP contribution in [-0.2, 0) is 5.33 Å². The van der Waals surface area contributed by atoms with Gasteiger partial charge in [0.25, 0.3) is 0 Å². The van der Waals surface area contributed by atoms with E-state index in [1.54, 1.807) is 0 Å². The summed E-state index contributed by atoms with van der Waals surface area (Å²) in [4.78, 5) is 0. The lowest BCUT2D eigenvalue weighted by Crippen LogP contribution is -2.01. The van der Waals surface area contributed by atoms with Gasteiger partial charge in [0, 0.05) is 10.9 Å². The van der Waals surface area contributed by atoms with E-state index in [1.165, 1.54) is 17.1 Å². The average molecular weight is 368 g/mol. The van der Waals surface area contributed by atoms with E-state index in [2.05, 4.69) is 44.8 Å². The van der Waals surface area contributed by atoms with Crippen molar-refractivity contribution < 1.29 is 4.74 Å². The van der Waals surface area contributed by atoms with Gasteiger partial charge in [-0.2, -0.15) is 11.8 Å². The summed E-state index contributed by atoms with van der Waals surface area (Å²) < 4.78 is 6.85. The molecule has 1 rings (SSSR count). The summed E-state index contributed by atoms with van der Waals surface area (Å²) in [6.45, 7) is 2.97. The number of alkyl halides is 1. The minimum Gasteiger partial charge on any atom is -0.492 e. The molecule has 1 nitrogen and oxygen atoms in total. The van der Waals surface area contributed by atoms with Crippen LogP contribution >= 0.6 is 43.6 Å². The molecule has 0 fully saturated rings. The van der Waals surface area contributed by atoms with Crippen molar-refractivity contribution in [2.75, 3.05) is 18.1 Å². The van der Waals surface area contributed by atoms with Gasteiger partial charge >= 0.3 is 0 Å². The third-order valence-electron chi connectivity index (χ3n) is 2.08. The molecule has 0 amide bonds. The fourth-order valence-electron chi connectivity index (χ4n) is 1.30.